The number of hydrogen-bond donors (Lipinski definition) is 2. The van der Waals surface area contributed by atoms with Gasteiger partial charge in [0.05, 0.1) is 13.2 Å². The van der Waals surface area contributed by atoms with Gasteiger partial charge >= 0.3 is 0 Å². The molecule has 4 nitrogen and oxygen atoms in total. The van der Waals surface area contributed by atoms with E-state index in [1.165, 1.54) is 0 Å². The number of fused-ring (bicyclic) bond motifs is 2. The van der Waals surface area contributed by atoms with Crippen molar-refractivity contribution in [3.63, 3.8) is 0 Å². The molecule has 2 N–H and O–H groups in total. The molecule has 0 spiro atoms. The molecule has 1 heterocycles. The Hall–Kier alpha value is -1.05. The van der Waals surface area contributed by atoms with E-state index in [9.17, 15) is 10.2 Å². The second kappa shape index (κ2) is 4.56. The first-order valence-corrected chi connectivity index (χ1v) is 6.57. The SMILES string of the molecule is OCc1cc2cc3c(cc2c(I)c1CO)OCO3. The minimum atomic E-state index is -0.0870. The third kappa shape index (κ3) is 1.73. The van der Waals surface area contributed by atoms with Gasteiger partial charge in [0.15, 0.2) is 11.5 Å². The highest BCUT2D eigenvalue weighted by Gasteiger charge is 2.17. The summed E-state index contributed by atoms with van der Waals surface area (Å²) in [7, 11) is 0. The summed E-state index contributed by atoms with van der Waals surface area (Å²) >= 11 is 2.19. The van der Waals surface area contributed by atoms with Gasteiger partial charge in [0, 0.05) is 3.57 Å². The van der Waals surface area contributed by atoms with Crippen molar-refractivity contribution in [3.05, 3.63) is 32.9 Å². The molecule has 1 aliphatic rings. The predicted molar refractivity (Wildman–Crippen MR) is 74.6 cm³/mol. The fourth-order valence-corrected chi connectivity index (χ4v) is 3.14. The van der Waals surface area contributed by atoms with Gasteiger partial charge < -0.3 is 19.7 Å². The lowest BCUT2D eigenvalue weighted by Crippen LogP contribution is -1.98. The second-order valence-electron chi connectivity index (χ2n) is 4.07. The van der Waals surface area contributed by atoms with Crippen molar-refractivity contribution in [3.8, 4) is 11.5 Å². The van der Waals surface area contributed by atoms with Crippen LogP contribution in [0, 0.1) is 3.57 Å². The molecule has 1 aliphatic heterocycles. The Morgan fingerprint density at radius 3 is 2.44 bits per heavy atom. The van der Waals surface area contributed by atoms with E-state index in [0.29, 0.717) is 0 Å². The molecule has 0 bridgehead atoms. The minimum Gasteiger partial charge on any atom is -0.454 e. The van der Waals surface area contributed by atoms with Crippen LogP contribution in [-0.2, 0) is 13.2 Å². The van der Waals surface area contributed by atoms with E-state index in [-0.39, 0.29) is 20.0 Å². The van der Waals surface area contributed by atoms with Crippen LogP contribution < -0.4 is 9.47 Å². The van der Waals surface area contributed by atoms with Gasteiger partial charge in [-0.3, -0.25) is 0 Å². The Bertz CT molecular complexity index is 624. The first-order chi connectivity index (χ1) is 8.74. The molecule has 0 aliphatic carbocycles. The largest absolute Gasteiger partial charge is 0.454 e. The third-order valence-corrected chi connectivity index (χ3v) is 4.32. The predicted octanol–water partition coefficient (Wildman–Crippen LogP) is 2.16. The number of halogens is 1. The number of ether oxygens (including phenoxy) is 2. The Morgan fingerprint density at radius 2 is 1.78 bits per heavy atom. The van der Waals surface area contributed by atoms with E-state index in [1.807, 2.05) is 18.2 Å². The van der Waals surface area contributed by atoms with Gasteiger partial charge in [-0.2, -0.15) is 0 Å². The molecule has 5 heteroatoms. The monoisotopic (exact) mass is 358 g/mol. The van der Waals surface area contributed by atoms with E-state index in [4.69, 9.17) is 9.47 Å². The van der Waals surface area contributed by atoms with Crippen molar-refractivity contribution in [2.45, 2.75) is 13.2 Å². The van der Waals surface area contributed by atoms with Gasteiger partial charge in [0.25, 0.3) is 0 Å². The highest BCUT2D eigenvalue weighted by atomic mass is 127. The molecule has 2 aromatic rings. The van der Waals surface area contributed by atoms with E-state index in [2.05, 4.69) is 22.6 Å². The molecular weight excluding hydrogens is 347 g/mol. The summed E-state index contributed by atoms with van der Waals surface area (Å²) in [5, 5.41) is 20.7. The first kappa shape index (κ1) is 12.0. The number of aliphatic hydroxyl groups is 2. The average molecular weight is 358 g/mol. The van der Waals surface area contributed by atoms with Crippen molar-refractivity contribution in [1.29, 1.82) is 0 Å². The van der Waals surface area contributed by atoms with E-state index < -0.39 is 0 Å². The molecule has 0 fully saturated rings. The number of rotatable bonds is 2. The second-order valence-corrected chi connectivity index (χ2v) is 5.15. The summed E-state index contributed by atoms with van der Waals surface area (Å²) in [5.74, 6) is 1.44. The van der Waals surface area contributed by atoms with Gasteiger partial charge in [-0.15, -0.1) is 0 Å². The molecule has 3 rings (SSSR count). The normalized spacial score (nSPS) is 13.3. The molecule has 0 saturated heterocycles. The van der Waals surface area contributed by atoms with Crippen LogP contribution in [0.25, 0.3) is 10.8 Å². The highest BCUT2D eigenvalue weighted by Crippen LogP contribution is 2.39. The quantitative estimate of drug-likeness (QED) is 0.808. The lowest BCUT2D eigenvalue weighted by molar-refractivity contribution is 0.174. The Morgan fingerprint density at radius 1 is 1.06 bits per heavy atom. The summed E-state index contributed by atoms with van der Waals surface area (Å²) in [6.07, 6.45) is 0. The third-order valence-electron chi connectivity index (χ3n) is 3.09. The summed E-state index contributed by atoms with van der Waals surface area (Å²) < 4.78 is 11.6. The van der Waals surface area contributed by atoms with Crippen LogP contribution in [0.1, 0.15) is 11.1 Å². The van der Waals surface area contributed by atoms with Crippen molar-refractivity contribution >= 4 is 33.4 Å². The van der Waals surface area contributed by atoms with Crippen molar-refractivity contribution < 1.29 is 19.7 Å². The molecule has 0 aromatic heterocycles. The average Bonchev–Trinajstić information content (AvgIpc) is 2.83. The fraction of sp³-hybridized carbons (Fsp3) is 0.231. The zero-order chi connectivity index (χ0) is 12.7. The molecule has 0 atom stereocenters. The van der Waals surface area contributed by atoms with Gasteiger partial charge in [-0.25, -0.2) is 0 Å². The number of benzene rings is 2. The maximum Gasteiger partial charge on any atom is 0.231 e. The topological polar surface area (TPSA) is 58.9 Å². The number of aliphatic hydroxyl groups excluding tert-OH is 2. The zero-order valence-electron chi connectivity index (χ0n) is 9.44. The highest BCUT2D eigenvalue weighted by molar-refractivity contribution is 14.1. The summed E-state index contributed by atoms with van der Waals surface area (Å²) in [6.45, 7) is 0.0662. The Balaban J connectivity index is 2.33. The van der Waals surface area contributed by atoms with Crippen molar-refractivity contribution in [2.24, 2.45) is 0 Å². The van der Waals surface area contributed by atoms with Crippen LogP contribution in [0.3, 0.4) is 0 Å². The van der Waals surface area contributed by atoms with Gasteiger partial charge in [-0.05, 0) is 62.7 Å². The van der Waals surface area contributed by atoms with Gasteiger partial charge in [-0.1, -0.05) is 0 Å². The van der Waals surface area contributed by atoms with Crippen LogP contribution in [0.5, 0.6) is 11.5 Å². The zero-order valence-corrected chi connectivity index (χ0v) is 11.6. The van der Waals surface area contributed by atoms with Crippen LogP contribution >= 0.6 is 22.6 Å². The Kier molecular flexibility index (Phi) is 3.04. The van der Waals surface area contributed by atoms with Crippen LogP contribution in [0.15, 0.2) is 18.2 Å². The first-order valence-electron chi connectivity index (χ1n) is 5.50. The maximum atomic E-state index is 9.41. The number of hydrogen-bond acceptors (Lipinski definition) is 4. The van der Waals surface area contributed by atoms with Crippen molar-refractivity contribution in [1.82, 2.24) is 0 Å². The van der Waals surface area contributed by atoms with E-state index in [1.54, 1.807) is 0 Å². The minimum absolute atomic E-state index is 0.0848. The fourth-order valence-electron chi connectivity index (χ4n) is 2.16. The molecule has 0 unspecified atom stereocenters. The molecule has 0 radical (unpaired) electrons. The molecule has 18 heavy (non-hydrogen) atoms. The summed E-state index contributed by atoms with van der Waals surface area (Å²) in [6, 6.07) is 5.70. The van der Waals surface area contributed by atoms with Crippen LogP contribution in [-0.4, -0.2) is 17.0 Å². The molecule has 0 saturated carbocycles. The van der Waals surface area contributed by atoms with Crippen molar-refractivity contribution in [2.75, 3.05) is 6.79 Å². The molecule has 2 aromatic carbocycles. The smallest absolute Gasteiger partial charge is 0.231 e. The van der Waals surface area contributed by atoms with E-state index >= 15 is 0 Å². The lowest BCUT2D eigenvalue weighted by atomic mass is 10.0. The van der Waals surface area contributed by atoms with Crippen LogP contribution in [0.4, 0.5) is 0 Å². The molecular formula is C13H11IO4. The standard InChI is InChI=1S/C13H11IO4/c14-13-9-3-12-11(17-6-18-12)2-7(9)1-8(4-15)10(13)5-16/h1-3,15-16H,4-6H2. The molecule has 0 amide bonds. The van der Waals surface area contributed by atoms with E-state index in [0.717, 1.165) is 37.0 Å². The molecule has 94 valence electrons. The van der Waals surface area contributed by atoms with Gasteiger partial charge in [0.2, 0.25) is 6.79 Å². The lowest BCUT2D eigenvalue weighted by Gasteiger charge is -2.12. The van der Waals surface area contributed by atoms with Gasteiger partial charge in [0.1, 0.15) is 0 Å². The maximum absolute atomic E-state index is 9.41. The summed E-state index contributed by atoms with van der Waals surface area (Å²) in [4.78, 5) is 0. The Labute approximate surface area is 117 Å². The summed E-state index contributed by atoms with van der Waals surface area (Å²) in [5.41, 5.74) is 1.51. The van der Waals surface area contributed by atoms with Crippen LogP contribution in [0.2, 0.25) is 0 Å².